The van der Waals surface area contributed by atoms with Gasteiger partial charge in [0.2, 0.25) is 5.91 Å². The molecule has 0 aliphatic carbocycles. The zero-order valence-electron chi connectivity index (χ0n) is 16.0. The van der Waals surface area contributed by atoms with Gasteiger partial charge in [0.25, 0.3) is 0 Å². The number of carbonyl (C=O) groups excluding carboxylic acids is 1. The maximum absolute atomic E-state index is 13.5. The number of aromatic nitrogens is 1. The molecule has 0 saturated heterocycles. The summed E-state index contributed by atoms with van der Waals surface area (Å²) in [6, 6.07) is 12.7. The van der Waals surface area contributed by atoms with Crippen LogP contribution in [0, 0.1) is 12.7 Å². The van der Waals surface area contributed by atoms with Crippen molar-refractivity contribution in [1.29, 1.82) is 0 Å². The molecular weight excluding hydrogens is 343 g/mol. The molecule has 3 aromatic rings. The standard InChI is InChI=1S/C22H25FN2O2/c1-16-6-9-21(27-3)18(13-16)15-24(2)22(26)5-4-11-25-12-10-17-7-8-19(23)14-20(17)25/h6-10,12-14H,4-5,11,15H2,1-3H3. The van der Waals surface area contributed by atoms with Gasteiger partial charge in [0, 0.05) is 38.3 Å². The molecule has 0 bridgehead atoms. The zero-order chi connectivity index (χ0) is 19.4. The third-order valence-corrected chi connectivity index (χ3v) is 4.79. The minimum atomic E-state index is -0.245. The number of hydrogen-bond acceptors (Lipinski definition) is 2. The minimum absolute atomic E-state index is 0.0844. The Kier molecular flexibility index (Phi) is 5.79. The van der Waals surface area contributed by atoms with Gasteiger partial charge in [-0.3, -0.25) is 4.79 Å². The summed E-state index contributed by atoms with van der Waals surface area (Å²) < 4.78 is 20.8. The predicted octanol–water partition coefficient (Wildman–Crippen LogP) is 4.54. The number of nitrogens with zero attached hydrogens (tertiary/aromatic N) is 2. The van der Waals surface area contributed by atoms with Gasteiger partial charge in [-0.05, 0) is 49.1 Å². The normalized spacial score (nSPS) is 11.0. The lowest BCUT2D eigenvalue weighted by molar-refractivity contribution is -0.130. The van der Waals surface area contributed by atoms with E-state index < -0.39 is 0 Å². The van der Waals surface area contributed by atoms with Crippen molar-refractivity contribution in [2.75, 3.05) is 14.2 Å². The molecule has 0 atom stereocenters. The molecule has 3 rings (SSSR count). The quantitative estimate of drug-likeness (QED) is 0.614. The lowest BCUT2D eigenvalue weighted by Crippen LogP contribution is -2.26. The number of fused-ring (bicyclic) bond motifs is 1. The van der Waals surface area contributed by atoms with Crippen molar-refractivity contribution in [3.63, 3.8) is 0 Å². The smallest absolute Gasteiger partial charge is 0.222 e. The number of amides is 1. The maximum atomic E-state index is 13.5. The van der Waals surface area contributed by atoms with Crippen LogP contribution in [0.4, 0.5) is 4.39 Å². The van der Waals surface area contributed by atoms with Gasteiger partial charge in [-0.2, -0.15) is 0 Å². The van der Waals surface area contributed by atoms with Gasteiger partial charge in [-0.1, -0.05) is 17.7 Å². The number of carbonyl (C=O) groups is 1. The van der Waals surface area contributed by atoms with Crippen LogP contribution in [0.1, 0.15) is 24.0 Å². The molecule has 1 aromatic heterocycles. The Morgan fingerprint density at radius 3 is 2.78 bits per heavy atom. The van der Waals surface area contributed by atoms with Gasteiger partial charge in [0.15, 0.2) is 0 Å². The molecule has 0 aliphatic heterocycles. The molecule has 0 spiro atoms. The number of benzene rings is 2. The summed E-state index contributed by atoms with van der Waals surface area (Å²) in [5.41, 5.74) is 3.00. The Balaban J connectivity index is 1.57. The number of methoxy groups -OCH3 is 1. The van der Waals surface area contributed by atoms with Crippen molar-refractivity contribution in [2.45, 2.75) is 32.9 Å². The van der Waals surface area contributed by atoms with E-state index in [-0.39, 0.29) is 11.7 Å². The molecule has 4 nitrogen and oxygen atoms in total. The Bertz CT molecular complexity index is 949. The second-order valence-corrected chi connectivity index (χ2v) is 6.88. The van der Waals surface area contributed by atoms with Crippen LogP contribution in [0.15, 0.2) is 48.7 Å². The number of rotatable bonds is 7. The minimum Gasteiger partial charge on any atom is -0.496 e. The van der Waals surface area contributed by atoms with Crippen LogP contribution >= 0.6 is 0 Å². The highest BCUT2D eigenvalue weighted by molar-refractivity contribution is 5.80. The van der Waals surface area contributed by atoms with Crippen molar-refractivity contribution in [3.8, 4) is 5.75 Å². The van der Waals surface area contributed by atoms with Gasteiger partial charge in [-0.15, -0.1) is 0 Å². The summed E-state index contributed by atoms with van der Waals surface area (Å²) in [6.45, 7) is 3.22. The second kappa shape index (κ2) is 8.25. The highest BCUT2D eigenvalue weighted by Crippen LogP contribution is 2.22. The van der Waals surface area contributed by atoms with Crippen LogP contribution in [-0.4, -0.2) is 29.5 Å². The summed E-state index contributed by atoms with van der Waals surface area (Å²) in [5, 5.41) is 1.01. The van der Waals surface area contributed by atoms with E-state index in [9.17, 15) is 9.18 Å². The molecule has 1 heterocycles. The summed E-state index contributed by atoms with van der Waals surface area (Å²) in [6.07, 6.45) is 3.09. The van der Waals surface area contributed by atoms with Crippen molar-refractivity contribution < 1.29 is 13.9 Å². The van der Waals surface area contributed by atoms with Crippen LogP contribution in [0.25, 0.3) is 10.9 Å². The first-order chi connectivity index (χ1) is 13.0. The topological polar surface area (TPSA) is 34.5 Å². The van der Waals surface area contributed by atoms with E-state index >= 15 is 0 Å². The van der Waals surface area contributed by atoms with Crippen LogP contribution in [0.2, 0.25) is 0 Å². The lowest BCUT2D eigenvalue weighted by atomic mass is 10.1. The molecule has 0 N–H and O–H groups in total. The average Bonchev–Trinajstić information content (AvgIpc) is 3.04. The fraction of sp³-hybridized carbons (Fsp3) is 0.318. The highest BCUT2D eigenvalue weighted by Gasteiger charge is 2.12. The van der Waals surface area contributed by atoms with Crippen LogP contribution in [-0.2, 0) is 17.9 Å². The third-order valence-electron chi connectivity index (χ3n) is 4.79. The third kappa shape index (κ3) is 4.48. The maximum Gasteiger partial charge on any atom is 0.222 e. The van der Waals surface area contributed by atoms with E-state index in [1.54, 1.807) is 18.1 Å². The van der Waals surface area contributed by atoms with Crippen molar-refractivity contribution in [2.24, 2.45) is 0 Å². The molecule has 0 aliphatic rings. The summed E-state index contributed by atoms with van der Waals surface area (Å²) in [4.78, 5) is 14.2. The molecule has 27 heavy (non-hydrogen) atoms. The van der Waals surface area contributed by atoms with E-state index in [1.165, 1.54) is 12.1 Å². The Morgan fingerprint density at radius 2 is 2.00 bits per heavy atom. The number of hydrogen-bond donors (Lipinski definition) is 0. The predicted molar refractivity (Wildman–Crippen MR) is 105 cm³/mol. The Morgan fingerprint density at radius 1 is 1.19 bits per heavy atom. The largest absolute Gasteiger partial charge is 0.496 e. The second-order valence-electron chi connectivity index (χ2n) is 6.88. The summed E-state index contributed by atoms with van der Waals surface area (Å²) >= 11 is 0. The first-order valence-electron chi connectivity index (χ1n) is 9.10. The molecule has 0 unspecified atom stereocenters. The lowest BCUT2D eigenvalue weighted by Gasteiger charge is -2.19. The van der Waals surface area contributed by atoms with E-state index in [4.69, 9.17) is 4.74 Å². The number of ether oxygens (including phenoxy) is 1. The van der Waals surface area contributed by atoms with Crippen molar-refractivity contribution in [3.05, 3.63) is 65.6 Å². The van der Waals surface area contributed by atoms with Crippen LogP contribution < -0.4 is 4.74 Å². The van der Waals surface area contributed by atoms with Crippen LogP contribution in [0.3, 0.4) is 0 Å². The summed E-state index contributed by atoms with van der Waals surface area (Å²) in [5.74, 6) is 0.632. The van der Waals surface area contributed by atoms with E-state index in [0.717, 1.165) is 27.8 Å². The molecule has 1 amide bonds. The highest BCUT2D eigenvalue weighted by atomic mass is 19.1. The van der Waals surface area contributed by atoms with Gasteiger partial charge < -0.3 is 14.2 Å². The van der Waals surface area contributed by atoms with Gasteiger partial charge in [0.05, 0.1) is 12.6 Å². The molecule has 2 aromatic carbocycles. The first kappa shape index (κ1) is 19.0. The SMILES string of the molecule is COc1ccc(C)cc1CN(C)C(=O)CCCn1ccc2ccc(F)cc21. The van der Waals surface area contributed by atoms with Gasteiger partial charge >= 0.3 is 0 Å². The van der Waals surface area contributed by atoms with Crippen molar-refractivity contribution >= 4 is 16.8 Å². The van der Waals surface area contributed by atoms with Gasteiger partial charge in [0.1, 0.15) is 11.6 Å². The molecule has 5 heteroatoms. The fourth-order valence-electron chi connectivity index (χ4n) is 3.32. The molecular formula is C22H25FN2O2. The first-order valence-corrected chi connectivity index (χ1v) is 9.10. The fourth-order valence-corrected chi connectivity index (χ4v) is 3.32. The van der Waals surface area contributed by atoms with E-state index in [2.05, 4.69) is 0 Å². The van der Waals surface area contributed by atoms with Crippen molar-refractivity contribution in [1.82, 2.24) is 9.47 Å². The molecule has 142 valence electrons. The molecule has 0 radical (unpaired) electrons. The monoisotopic (exact) mass is 368 g/mol. The molecule has 0 saturated carbocycles. The molecule has 0 fully saturated rings. The van der Waals surface area contributed by atoms with E-state index in [1.807, 2.05) is 49.0 Å². The summed E-state index contributed by atoms with van der Waals surface area (Å²) in [7, 11) is 3.45. The van der Waals surface area contributed by atoms with Crippen LogP contribution in [0.5, 0.6) is 5.75 Å². The Labute approximate surface area is 159 Å². The van der Waals surface area contributed by atoms with Gasteiger partial charge in [-0.25, -0.2) is 4.39 Å². The zero-order valence-corrected chi connectivity index (χ0v) is 16.0. The number of aryl methyl sites for hydroxylation is 2. The number of halogens is 1. The Hall–Kier alpha value is -2.82. The average molecular weight is 368 g/mol. The van der Waals surface area contributed by atoms with E-state index in [0.29, 0.717) is 25.9 Å².